The molecule has 2 nitrogen and oxygen atoms in total. The summed E-state index contributed by atoms with van der Waals surface area (Å²) in [6, 6.07) is 6.27. The molecule has 0 amide bonds. The van der Waals surface area contributed by atoms with Gasteiger partial charge in [0, 0.05) is 24.3 Å². The van der Waals surface area contributed by atoms with Gasteiger partial charge in [-0.25, -0.2) is 0 Å². The van der Waals surface area contributed by atoms with Gasteiger partial charge < -0.3 is 5.32 Å². The Kier molecular flexibility index (Phi) is 3.17. The zero-order valence-electron chi connectivity index (χ0n) is 10.6. The molecular weight excluding hydrogens is 253 g/mol. The summed E-state index contributed by atoms with van der Waals surface area (Å²) in [6.45, 7) is 2.26. The van der Waals surface area contributed by atoms with Crippen LogP contribution in [-0.4, -0.2) is 30.1 Å². The van der Waals surface area contributed by atoms with E-state index in [1.807, 2.05) is 0 Å². The molecule has 2 heterocycles. The highest BCUT2D eigenvalue weighted by atomic mass is 19.4. The van der Waals surface area contributed by atoms with Crippen LogP contribution in [-0.2, 0) is 6.18 Å². The molecule has 2 unspecified atom stereocenters. The summed E-state index contributed by atoms with van der Waals surface area (Å²) in [7, 11) is 0. The third-order valence-corrected chi connectivity index (χ3v) is 4.17. The van der Waals surface area contributed by atoms with Crippen molar-refractivity contribution in [2.75, 3.05) is 18.4 Å². The lowest BCUT2D eigenvalue weighted by Crippen LogP contribution is -2.33. The highest BCUT2D eigenvalue weighted by Crippen LogP contribution is 2.32. The number of nitrogens with zero attached hydrogens (tertiary/aromatic N) is 1. The Labute approximate surface area is 110 Å². The van der Waals surface area contributed by atoms with Gasteiger partial charge in [-0.2, -0.15) is 13.2 Å². The first-order chi connectivity index (χ1) is 9.04. The first kappa shape index (κ1) is 12.8. The fourth-order valence-corrected chi connectivity index (χ4v) is 3.22. The third-order valence-electron chi connectivity index (χ3n) is 4.17. The average Bonchev–Trinajstić information content (AvgIpc) is 2.94. The number of hydrogen-bond acceptors (Lipinski definition) is 2. The molecule has 3 rings (SSSR count). The van der Waals surface area contributed by atoms with E-state index >= 15 is 0 Å². The molecule has 19 heavy (non-hydrogen) atoms. The molecular formula is C14H17F3N2. The van der Waals surface area contributed by atoms with Crippen LogP contribution in [0.1, 0.15) is 24.8 Å². The molecule has 0 bridgehead atoms. The second-order valence-electron chi connectivity index (χ2n) is 5.36. The molecule has 0 radical (unpaired) electrons. The number of halogens is 3. The number of rotatable bonds is 2. The smallest absolute Gasteiger partial charge is 0.381 e. The van der Waals surface area contributed by atoms with E-state index in [9.17, 15) is 13.2 Å². The Morgan fingerprint density at radius 1 is 1.05 bits per heavy atom. The van der Waals surface area contributed by atoms with Gasteiger partial charge in [0.15, 0.2) is 0 Å². The molecule has 2 aliphatic rings. The molecule has 0 aromatic heterocycles. The molecule has 2 fully saturated rings. The maximum Gasteiger partial charge on any atom is 0.416 e. The van der Waals surface area contributed by atoms with Crippen molar-refractivity contribution in [3.63, 3.8) is 0 Å². The largest absolute Gasteiger partial charge is 0.416 e. The fourth-order valence-electron chi connectivity index (χ4n) is 3.22. The van der Waals surface area contributed by atoms with E-state index in [1.165, 1.54) is 25.0 Å². The minimum Gasteiger partial charge on any atom is -0.381 e. The molecule has 1 aromatic rings. The molecule has 2 aliphatic heterocycles. The van der Waals surface area contributed by atoms with Crippen molar-refractivity contribution in [2.24, 2.45) is 0 Å². The Morgan fingerprint density at radius 3 is 2.47 bits per heavy atom. The highest BCUT2D eigenvalue weighted by Gasteiger charge is 2.37. The molecule has 5 heteroatoms. The molecule has 0 saturated carbocycles. The normalized spacial score (nSPS) is 27.5. The Morgan fingerprint density at radius 2 is 1.79 bits per heavy atom. The topological polar surface area (TPSA) is 15.3 Å². The van der Waals surface area contributed by atoms with Crippen molar-refractivity contribution in [3.8, 4) is 0 Å². The lowest BCUT2D eigenvalue weighted by atomic mass is 10.1. The van der Waals surface area contributed by atoms with Crippen LogP contribution in [0.2, 0.25) is 0 Å². The molecule has 104 valence electrons. The predicted molar refractivity (Wildman–Crippen MR) is 68.1 cm³/mol. The maximum atomic E-state index is 12.5. The van der Waals surface area contributed by atoms with Crippen molar-refractivity contribution in [3.05, 3.63) is 29.8 Å². The van der Waals surface area contributed by atoms with E-state index in [2.05, 4.69) is 10.2 Å². The van der Waals surface area contributed by atoms with Crippen LogP contribution in [0, 0.1) is 0 Å². The molecule has 0 aliphatic carbocycles. The van der Waals surface area contributed by atoms with Gasteiger partial charge in [-0.3, -0.25) is 4.90 Å². The lowest BCUT2D eigenvalue weighted by Gasteiger charge is -2.22. The second kappa shape index (κ2) is 4.71. The molecule has 1 N–H and O–H groups in total. The first-order valence-corrected chi connectivity index (χ1v) is 6.72. The number of alkyl halides is 3. The number of anilines is 1. The first-order valence-electron chi connectivity index (χ1n) is 6.72. The molecule has 0 spiro atoms. The average molecular weight is 270 g/mol. The highest BCUT2D eigenvalue weighted by molar-refractivity contribution is 5.46. The monoisotopic (exact) mass is 270 g/mol. The minimum atomic E-state index is -4.26. The van der Waals surface area contributed by atoms with Crippen LogP contribution in [0.4, 0.5) is 18.9 Å². The van der Waals surface area contributed by atoms with E-state index in [0.717, 1.165) is 37.3 Å². The summed E-state index contributed by atoms with van der Waals surface area (Å²) >= 11 is 0. The molecule has 1 aromatic carbocycles. The van der Waals surface area contributed by atoms with Crippen molar-refractivity contribution < 1.29 is 13.2 Å². The quantitative estimate of drug-likeness (QED) is 0.886. The van der Waals surface area contributed by atoms with E-state index in [4.69, 9.17) is 0 Å². The summed E-state index contributed by atoms with van der Waals surface area (Å²) in [5.74, 6) is 0. The Balaban J connectivity index is 1.67. The van der Waals surface area contributed by atoms with Crippen LogP contribution in [0.5, 0.6) is 0 Å². The van der Waals surface area contributed by atoms with Crippen LogP contribution in [0.25, 0.3) is 0 Å². The van der Waals surface area contributed by atoms with E-state index in [-0.39, 0.29) is 0 Å². The predicted octanol–water partition coefficient (Wildman–Crippen LogP) is 3.35. The van der Waals surface area contributed by atoms with Gasteiger partial charge in [-0.05, 0) is 50.1 Å². The van der Waals surface area contributed by atoms with E-state index < -0.39 is 11.7 Å². The van der Waals surface area contributed by atoms with Crippen LogP contribution in [0.3, 0.4) is 0 Å². The zero-order chi connectivity index (χ0) is 13.5. The number of benzene rings is 1. The Bertz CT molecular complexity index is 441. The second-order valence-corrected chi connectivity index (χ2v) is 5.36. The summed E-state index contributed by atoms with van der Waals surface area (Å²) in [5, 5.41) is 3.38. The summed E-state index contributed by atoms with van der Waals surface area (Å²) in [6.07, 6.45) is -0.756. The molecule has 2 saturated heterocycles. The van der Waals surface area contributed by atoms with E-state index in [1.54, 1.807) is 0 Å². The minimum absolute atomic E-state index is 0.374. The summed E-state index contributed by atoms with van der Waals surface area (Å²) in [4.78, 5) is 2.47. The van der Waals surface area contributed by atoms with Crippen molar-refractivity contribution in [1.29, 1.82) is 0 Å². The number of nitrogens with one attached hydrogen (secondary N) is 1. The fraction of sp³-hybridized carbons (Fsp3) is 0.571. The van der Waals surface area contributed by atoms with Crippen LogP contribution in [0.15, 0.2) is 24.3 Å². The van der Waals surface area contributed by atoms with Gasteiger partial charge in [0.1, 0.15) is 0 Å². The zero-order valence-corrected chi connectivity index (χ0v) is 10.6. The van der Waals surface area contributed by atoms with Crippen molar-refractivity contribution >= 4 is 5.69 Å². The van der Waals surface area contributed by atoms with Crippen molar-refractivity contribution in [2.45, 2.75) is 37.5 Å². The summed E-state index contributed by atoms with van der Waals surface area (Å²) < 4.78 is 37.4. The molecule has 2 atom stereocenters. The Hall–Kier alpha value is -1.23. The van der Waals surface area contributed by atoms with Gasteiger partial charge in [0.2, 0.25) is 0 Å². The third kappa shape index (κ3) is 2.56. The van der Waals surface area contributed by atoms with Gasteiger partial charge in [-0.1, -0.05) is 0 Å². The van der Waals surface area contributed by atoms with Gasteiger partial charge in [0.05, 0.1) is 5.56 Å². The summed E-state index contributed by atoms with van der Waals surface area (Å²) in [5.41, 5.74) is 0.193. The van der Waals surface area contributed by atoms with Gasteiger partial charge >= 0.3 is 6.18 Å². The SMILES string of the molecule is FC(F)(F)c1ccc(NC2CCN3CCCC23)cc1. The standard InChI is InChI=1S/C14H17F3N2/c15-14(16,17)10-3-5-11(6-4-10)18-12-7-9-19-8-1-2-13(12)19/h3-6,12-13,18H,1-2,7-9H2. The van der Waals surface area contributed by atoms with Crippen molar-refractivity contribution in [1.82, 2.24) is 4.90 Å². The number of hydrogen-bond donors (Lipinski definition) is 1. The maximum absolute atomic E-state index is 12.5. The van der Waals surface area contributed by atoms with Gasteiger partial charge in [0.25, 0.3) is 0 Å². The lowest BCUT2D eigenvalue weighted by molar-refractivity contribution is -0.137. The van der Waals surface area contributed by atoms with Crippen LogP contribution < -0.4 is 5.32 Å². The van der Waals surface area contributed by atoms with E-state index in [0.29, 0.717) is 12.1 Å². The van der Waals surface area contributed by atoms with Crippen LogP contribution >= 0.6 is 0 Å². The number of fused-ring (bicyclic) bond motifs is 1. The van der Waals surface area contributed by atoms with Gasteiger partial charge in [-0.15, -0.1) is 0 Å².